The van der Waals surface area contributed by atoms with Crippen LogP contribution in [0.5, 0.6) is 5.75 Å². The number of nitrogens with zero attached hydrogens (tertiary/aromatic N) is 2. The van der Waals surface area contributed by atoms with Crippen LogP contribution in [0.25, 0.3) is 6.08 Å². The molecule has 172 valence electrons. The molecule has 0 saturated heterocycles. The second-order valence-corrected chi connectivity index (χ2v) is 9.96. The summed E-state index contributed by atoms with van der Waals surface area (Å²) >= 11 is 4.41. The van der Waals surface area contributed by atoms with Crippen LogP contribution in [0.2, 0.25) is 0 Å². The number of aryl methyl sites for hydroxylation is 1. The molecule has 0 bridgehead atoms. The van der Waals surface area contributed by atoms with Gasteiger partial charge in [-0.15, -0.1) is 0 Å². The first-order chi connectivity index (χ1) is 16.2. The van der Waals surface area contributed by atoms with Crippen molar-refractivity contribution in [2.24, 2.45) is 4.99 Å². The third-order valence-electron chi connectivity index (χ3n) is 5.18. The summed E-state index contributed by atoms with van der Waals surface area (Å²) in [5.74, 6) is 0.222. The van der Waals surface area contributed by atoms with Gasteiger partial charge in [-0.05, 0) is 94.4 Å². The van der Waals surface area contributed by atoms with Crippen LogP contribution >= 0.6 is 45.2 Å². The molecule has 0 radical (unpaired) electrons. The molecule has 0 amide bonds. The van der Waals surface area contributed by atoms with Gasteiger partial charge in [-0.1, -0.05) is 35.9 Å². The Bertz CT molecular complexity index is 1340. The average molecular weight is 680 g/mol. The Morgan fingerprint density at radius 2 is 1.76 bits per heavy atom. The minimum Gasteiger partial charge on any atom is -0.487 e. The second-order valence-electron chi connectivity index (χ2n) is 7.63. The molecule has 1 heterocycles. The minimum absolute atomic E-state index is 0.0555. The van der Waals surface area contributed by atoms with Crippen LogP contribution in [-0.4, -0.2) is 16.8 Å². The molecular formula is C25H18I2N2O5. The van der Waals surface area contributed by atoms with Gasteiger partial charge in [0.25, 0.3) is 5.69 Å². The van der Waals surface area contributed by atoms with Crippen LogP contribution in [0, 0.1) is 31.1 Å². The fourth-order valence-corrected chi connectivity index (χ4v) is 5.50. The van der Waals surface area contributed by atoms with Crippen LogP contribution in [0.1, 0.15) is 27.8 Å². The van der Waals surface area contributed by atoms with Crippen molar-refractivity contribution in [2.75, 3.05) is 0 Å². The van der Waals surface area contributed by atoms with E-state index in [0.29, 0.717) is 17.7 Å². The SMILES string of the molecule is Cc1ccc(COc2c(I)cc(/C=C3\N=C(c4cccc([N+](=O)[O-])c4C)OC3=O)cc2I)cc1. The second kappa shape index (κ2) is 10.2. The lowest BCUT2D eigenvalue weighted by molar-refractivity contribution is -0.385. The molecule has 4 rings (SSSR count). The number of ether oxygens (including phenoxy) is 2. The van der Waals surface area contributed by atoms with Gasteiger partial charge >= 0.3 is 5.97 Å². The van der Waals surface area contributed by atoms with E-state index in [2.05, 4.69) is 62.3 Å². The molecular weight excluding hydrogens is 662 g/mol. The normalized spacial score (nSPS) is 14.2. The van der Waals surface area contributed by atoms with Gasteiger partial charge < -0.3 is 9.47 Å². The van der Waals surface area contributed by atoms with Gasteiger partial charge in [0.2, 0.25) is 5.90 Å². The van der Waals surface area contributed by atoms with Gasteiger partial charge in [-0.25, -0.2) is 9.79 Å². The number of aliphatic imine (C=N–C) groups is 1. The molecule has 0 unspecified atom stereocenters. The van der Waals surface area contributed by atoms with E-state index in [-0.39, 0.29) is 17.3 Å². The van der Waals surface area contributed by atoms with Crippen LogP contribution in [0.15, 0.2) is 65.3 Å². The van der Waals surface area contributed by atoms with E-state index < -0.39 is 10.9 Å². The number of esters is 1. The van der Waals surface area contributed by atoms with E-state index in [1.54, 1.807) is 25.1 Å². The highest BCUT2D eigenvalue weighted by atomic mass is 127. The number of hydrogen-bond acceptors (Lipinski definition) is 6. The molecule has 0 fully saturated rings. The summed E-state index contributed by atoms with van der Waals surface area (Å²) in [4.78, 5) is 27.5. The van der Waals surface area contributed by atoms with E-state index in [0.717, 1.165) is 24.0 Å². The quantitative estimate of drug-likeness (QED) is 0.0997. The van der Waals surface area contributed by atoms with Crippen LogP contribution in [0.3, 0.4) is 0 Å². The Labute approximate surface area is 223 Å². The van der Waals surface area contributed by atoms with Crippen LogP contribution < -0.4 is 4.74 Å². The minimum atomic E-state index is -0.606. The standard InChI is InChI=1S/C25H18I2N2O5/c1-14-6-8-16(9-7-14)13-33-23-19(26)10-17(11-20(23)27)12-21-25(30)34-24(28-21)18-4-3-5-22(15(18)2)29(31)32/h3-12H,13H2,1-2H3/b21-12-. The summed E-state index contributed by atoms with van der Waals surface area (Å²) in [6.45, 7) is 4.10. The number of carbonyl (C=O) groups excluding carboxylic acids is 1. The first kappa shape index (κ1) is 24.3. The summed E-state index contributed by atoms with van der Waals surface area (Å²) in [7, 11) is 0. The zero-order valence-corrected chi connectivity index (χ0v) is 22.5. The molecule has 0 atom stereocenters. The Balaban J connectivity index is 1.58. The summed E-state index contributed by atoms with van der Waals surface area (Å²) in [6, 6.07) is 16.6. The highest BCUT2D eigenvalue weighted by Gasteiger charge is 2.27. The lowest BCUT2D eigenvalue weighted by Crippen LogP contribution is -2.08. The molecule has 0 spiro atoms. The molecule has 0 aromatic heterocycles. The van der Waals surface area contributed by atoms with Gasteiger partial charge in [0, 0.05) is 17.2 Å². The van der Waals surface area contributed by atoms with Crippen molar-refractivity contribution in [3.05, 3.63) is 105 Å². The number of halogens is 2. The van der Waals surface area contributed by atoms with Crippen LogP contribution in [0.4, 0.5) is 5.69 Å². The first-order valence-electron chi connectivity index (χ1n) is 10.2. The number of cyclic esters (lactones) is 1. The van der Waals surface area contributed by atoms with Crippen LogP contribution in [-0.2, 0) is 16.1 Å². The zero-order chi connectivity index (χ0) is 24.4. The number of rotatable bonds is 6. The molecule has 7 nitrogen and oxygen atoms in total. The monoisotopic (exact) mass is 680 g/mol. The Kier molecular flexibility index (Phi) is 7.31. The molecule has 9 heteroatoms. The Morgan fingerprint density at radius 3 is 2.41 bits per heavy atom. The third-order valence-corrected chi connectivity index (χ3v) is 6.78. The van der Waals surface area contributed by atoms with Crippen molar-refractivity contribution in [1.82, 2.24) is 0 Å². The van der Waals surface area contributed by atoms with Gasteiger partial charge in [0.1, 0.15) is 12.4 Å². The number of hydrogen-bond donors (Lipinski definition) is 0. The molecule has 3 aromatic carbocycles. The lowest BCUT2D eigenvalue weighted by atomic mass is 10.1. The van der Waals surface area contributed by atoms with Gasteiger partial charge in [-0.3, -0.25) is 10.1 Å². The Hall–Kier alpha value is -2.80. The predicted octanol–water partition coefficient (Wildman–Crippen LogP) is 6.34. The zero-order valence-electron chi connectivity index (χ0n) is 18.2. The van der Waals surface area contributed by atoms with Crippen molar-refractivity contribution >= 4 is 68.8 Å². The number of carbonyl (C=O) groups is 1. The number of benzene rings is 3. The number of nitro benzene ring substituents is 1. The van der Waals surface area contributed by atoms with Gasteiger partial charge in [0.05, 0.1) is 12.1 Å². The largest absolute Gasteiger partial charge is 0.487 e. The molecule has 3 aromatic rings. The summed E-state index contributed by atoms with van der Waals surface area (Å²) in [5.41, 5.74) is 3.91. The molecule has 0 saturated carbocycles. The molecule has 34 heavy (non-hydrogen) atoms. The Morgan fingerprint density at radius 1 is 1.09 bits per heavy atom. The van der Waals surface area contributed by atoms with E-state index >= 15 is 0 Å². The fourth-order valence-electron chi connectivity index (χ4n) is 3.38. The van der Waals surface area contributed by atoms with Crippen molar-refractivity contribution in [2.45, 2.75) is 20.5 Å². The maximum Gasteiger partial charge on any atom is 0.363 e. The maximum absolute atomic E-state index is 12.4. The smallest absolute Gasteiger partial charge is 0.363 e. The molecule has 1 aliphatic heterocycles. The summed E-state index contributed by atoms with van der Waals surface area (Å²) in [5, 5.41) is 11.2. The van der Waals surface area contributed by atoms with Crippen molar-refractivity contribution in [3.63, 3.8) is 0 Å². The topological polar surface area (TPSA) is 91.0 Å². The van der Waals surface area contributed by atoms with Crippen molar-refractivity contribution in [3.8, 4) is 5.75 Å². The number of nitro groups is 1. The maximum atomic E-state index is 12.4. The summed E-state index contributed by atoms with van der Waals surface area (Å²) < 4.78 is 13.2. The average Bonchev–Trinajstić information content (AvgIpc) is 3.14. The molecule has 0 aliphatic carbocycles. The van der Waals surface area contributed by atoms with Gasteiger partial charge in [0.15, 0.2) is 5.70 Å². The van der Waals surface area contributed by atoms with E-state index in [4.69, 9.17) is 9.47 Å². The highest BCUT2D eigenvalue weighted by Crippen LogP contribution is 2.32. The lowest BCUT2D eigenvalue weighted by Gasteiger charge is -2.12. The van der Waals surface area contributed by atoms with E-state index in [1.165, 1.54) is 11.6 Å². The fraction of sp³-hybridized carbons (Fsp3) is 0.120. The predicted molar refractivity (Wildman–Crippen MR) is 146 cm³/mol. The van der Waals surface area contributed by atoms with Crippen molar-refractivity contribution in [1.29, 1.82) is 0 Å². The molecule has 0 N–H and O–H groups in total. The highest BCUT2D eigenvalue weighted by molar-refractivity contribution is 14.1. The van der Waals surface area contributed by atoms with E-state index in [9.17, 15) is 14.9 Å². The third kappa shape index (κ3) is 5.30. The summed E-state index contributed by atoms with van der Waals surface area (Å²) in [6.07, 6.45) is 1.64. The van der Waals surface area contributed by atoms with E-state index in [1.807, 2.05) is 31.2 Å². The van der Waals surface area contributed by atoms with Gasteiger partial charge in [-0.2, -0.15) is 0 Å². The molecule has 1 aliphatic rings. The van der Waals surface area contributed by atoms with Crippen molar-refractivity contribution < 1.29 is 19.2 Å². The first-order valence-corrected chi connectivity index (χ1v) is 12.3.